The summed E-state index contributed by atoms with van der Waals surface area (Å²) in [5.74, 6) is 0.440. The van der Waals surface area contributed by atoms with Gasteiger partial charge in [-0.15, -0.1) is 0 Å². The van der Waals surface area contributed by atoms with Gasteiger partial charge in [0, 0.05) is 17.7 Å². The largest absolute Gasteiger partial charge is 0.440 e. The fraction of sp³-hybridized carbons (Fsp3) is 0.107. The van der Waals surface area contributed by atoms with E-state index in [0.717, 1.165) is 38.7 Å². The van der Waals surface area contributed by atoms with Gasteiger partial charge >= 0.3 is 0 Å². The molecule has 6 heteroatoms. The van der Waals surface area contributed by atoms with E-state index in [1.807, 2.05) is 73.7 Å². The highest BCUT2D eigenvalue weighted by molar-refractivity contribution is 7.80. The molecular weight excluding hydrogens is 442 g/mol. The molecule has 0 atom stereocenters. The van der Waals surface area contributed by atoms with Gasteiger partial charge in [0.1, 0.15) is 5.52 Å². The topological polar surface area (TPSA) is 67.2 Å². The molecule has 1 aromatic heterocycles. The van der Waals surface area contributed by atoms with Crippen molar-refractivity contribution in [2.75, 3.05) is 5.32 Å². The molecule has 0 unspecified atom stereocenters. The third kappa shape index (κ3) is 4.54. The van der Waals surface area contributed by atoms with E-state index < -0.39 is 0 Å². The van der Waals surface area contributed by atoms with E-state index in [9.17, 15) is 4.79 Å². The zero-order valence-corrected chi connectivity index (χ0v) is 19.7. The average molecular weight is 466 g/mol. The van der Waals surface area contributed by atoms with Crippen molar-refractivity contribution < 1.29 is 9.21 Å². The molecule has 1 amide bonds. The number of nitrogens with zero attached hydrogens (tertiary/aromatic N) is 1. The van der Waals surface area contributed by atoms with Crippen LogP contribution in [-0.2, 0) is 6.42 Å². The van der Waals surface area contributed by atoms with Gasteiger partial charge in [-0.05, 0) is 77.8 Å². The van der Waals surface area contributed by atoms with Crippen LogP contribution in [0.25, 0.3) is 21.9 Å². The number of amides is 1. The van der Waals surface area contributed by atoms with Gasteiger partial charge in [-0.1, -0.05) is 54.6 Å². The number of hydrogen-bond donors (Lipinski definition) is 2. The van der Waals surface area contributed by atoms with Crippen LogP contribution in [0, 0.1) is 13.8 Å². The Hall–Kier alpha value is -4.03. The van der Waals surface area contributed by atoms with Crippen molar-refractivity contribution in [3.63, 3.8) is 0 Å². The Labute approximate surface area is 202 Å². The van der Waals surface area contributed by atoms with Crippen molar-refractivity contribution >= 4 is 50.8 Å². The zero-order valence-electron chi connectivity index (χ0n) is 18.9. The van der Waals surface area contributed by atoms with Gasteiger partial charge < -0.3 is 9.73 Å². The quantitative estimate of drug-likeness (QED) is 0.304. The minimum absolute atomic E-state index is 0.243. The van der Waals surface area contributed by atoms with Crippen LogP contribution in [0.3, 0.4) is 0 Å². The third-order valence-corrected chi connectivity index (χ3v) is 5.90. The lowest BCUT2D eigenvalue weighted by Crippen LogP contribution is -2.34. The Balaban J connectivity index is 1.24. The molecule has 0 aliphatic carbocycles. The molecule has 34 heavy (non-hydrogen) atoms. The minimum Gasteiger partial charge on any atom is -0.440 e. The van der Waals surface area contributed by atoms with Gasteiger partial charge in [0.15, 0.2) is 16.6 Å². The summed E-state index contributed by atoms with van der Waals surface area (Å²) >= 11 is 5.36. The fourth-order valence-corrected chi connectivity index (χ4v) is 4.35. The molecule has 5 nitrogen and oxygen atoms in total. The average Bonchev–Trinajstić information content (AvgIpc) is 3.22. The van der Waals surface area contributed by atoms with Gasteiger partial charge in [-0.2, -0.15) is 0 Å². The SMILES string of the molecule is Cc1cc(C)c2oc(Cc3ccc(NC(=S)NC(=O)c4cccc5ccccc45)cc3)nc2c1. The smallest absolute Gasteiger partial charge is 0.258 e. The van der Waals surface area contributed by atoms with E-state index in [1.54, 1.807) is 6.07 Å². The highest BCUT2D eigenvalue weighted by Crippen LogP contribution is 2.23. The number of carbonyl (C=O) groups is 1. The maximum Gasteiger partial charge on any atom is 0.258 e. The first-order valence-electron chi connectivity index (χ1n) is 11.0. The summed E-state index contributed by atoms with van der Waals surface area (Å²) < 4.78 is 5.97. The molecule has 0 saturated carbocycles. The molecular formula is C28H23N3O2S. The van der Waals surface area contributed by atoms with Gasteiger partial charge in [0.05, 0.1) is 0 Å². The molecule has 0 radical (unpaired) electrons. The number of anilines is 1. The second-order valence-corrected chi connectivity index (χ2v) is 8.75. The number of thiocarbonyl (C=S) groups is 1. The summed E-state index contributed by atoms with van der Waals surface area (Å²) in [6.45, 7) is 4.09. The lowest BCUT2D eigenvalue weighted by atomic mass is 10.0. The van der Waals surface area contributed by atoms with E-state index in [2.05, 4.69) is 28.6 Å². The van der Waals surface area contributed by atoms with Crippen LogP contribution in [0.5, 0.6) is 0 Å². The standard InChI is InChI=1S/C28H23N3O2S/c1-17-14-18(2)26-24(15-17)30-25(33-26)16-19-10-12-21(13-11-19)29-28(34)31-27(32)23-9-5-7-20-6-3-4-8-22(20)23/h3-15H,16H2,1-2H3,(H2,29,31,32,34). The van der Waals surface area contributed by atoms with Crippen LogP contribution >= 0.6 is 12.2 Å². The predicted octanol–water partition coefficient (Wildman–Crippen LogP) is 6.32. The molecule has 0 bridgehead atoms. The summed E-state index contributed by atoms with van der Waals surface area (Å²) in [6.07, 6.45) is 0.593. The Morgan fingerprint density at radius 1 is 0.971 bits per heavy atom. The molecule has 0 aliphatic heterocycles. The summed E-state index contributed by atoms with van der Waals surface area (Å²) in [5, 5.41) is 7.99. The lowest BCUT2D eigenvalue weighted by Gasteiger charge is -2.11. The molecule has 4 aromatic carbocycles. The predicted molar refractivity (Wildman–Crippen MR) is 140 cm³/mol. The van der Waals surface area contributed by atoms with Crippen molar-refractivity contribution in [1.82, 2.24) is 10.3 Å². The van der Waals surface area contributed by atoms with Crippen molar-refractivity contribution in [1.29, 1.82) is 0 Å². The van der Waals surface area contributed by atoms with Gasteiger partial charge in [0.2, 0.25) is 0 Å². The maximum atomic E-state index is 12.8. The van der Waals surface area contributed by atoms with Crippen molar-refractivity contribution in [2.24, 2.45) is 0 Å². The van der Waals surface area contributed by atoms with Crippen molar-refractivity contribution in [3.8, 4) is 0 Å². The highest BCUT2D eigenvalue weighted by atomic mass is 32.1. The first kappa shape index (κ1) is 21.8. The molecule has 168 valence electrons. The molecule has 5 aromatic rings. The molecule has 5 rings (SSSR count). The van der Waals surface area contributed by atoms with Crippen LogP contribution in [0.1, 0.15) is 32.9 Å². The van der Waals surface area contributed by atoms with Crippen LogP contribution in [0.2, 0.25) is 0 Å². The summed E-state index contributed by atoms with van der Waals surface area (Å²) in [6, 6.07) is 25.4. The van der Waals surface area contributed by atoms with Crippen LogP contribution in [-0.4, -0.2) is 16.0 Å². The summed E-state index contributed by atoms with van der Waals surface area (Å²) in [7, 11) is 0. The van der Waals surface area contributed by atoms with Crippen LogP contribution in [0.15, 0.2) is 83.3 Å². The Bertz CT molecular complexity index is 1530. The number of fused-ring (bicyclic) bond motifs is 2. The first-order chi connectivity index (χ1) is 16.5. The van der Waals surface area contributed by atoms with Crippen LogP contribution < -0.4 is 10.6 Å². The molecule has 0 spiro atoms. The van der Waals surface area contributed by atoms with E-state index in [-0.39, 0.29) is 11.0 Å². The Kier molecular flexibility index (Phi) is 5.82. The maximum absolute atomic E-state index is 12.8. The molecule has 1 heterocycles. The fourth-order valence-electron chi connectivity index (χ4n) is 4.14. The molecule has 0 saturated heterocycles. The van der Waals surface area contributed by atoms with E-state index in [0.29, 0.717) is 17.9 Å². The minimum atomic E-state index is -0.243. The van der Waals surface area contributed by atoms with Crippen molar-refractivity contribution in [2.45, 2.75) is 20.3 Å². The lowest BCUT2D eigenvalue weighted by molar-refractivity contribution is 0.0979. The van der Waals surface area contributed by atoms with Crippen molar-refractivity contribution in [3.05, 3.63) is 107 Å². The van der Waals surface area contributed by atoms with E-state index >= 15 is 0 Å². The zero-order chi connectivity index (χ0) is 23.7. The number of aromatic nitrogens is 1. The molecule has 0 fully saturated rings. The molecule has 0 aliphatic rings. The van der Waals surface area contributed by atoms with Crippen LogP contribution in [0.4, 0.5) is 5.69 Å². The van der Waals surface area contributed by atoms with Gasteiger partial charge in [0.25, 0.3) is 5.91 Å². The summed E-state index contributed by atoms with van der Waals surface area (Å²) in [5.41, 5.74) is 6.43. The Morgan fingerprint density at radius 2 is 1.74 bits per heavy atom. The number of hydrogen-bond acceptors (Lipinski definition) is 4. The first-order valence-corrected chi connectivity index (χ1v) is 11.4. The summed E-state index contributed by atoms with van der Waals surface area (Å²) in [4.78, 5) is 17.4. The highest BCUT2D eigenvalue weighted by Gasteiger charge is 2.12. The number of benzene rings is 4. The van der Waals surface area contributed by atoms with E-state index in [1.165, 1.54) is 5.56 Å². The number of carbonyl (C=O) groups excluding carboxylic acids is 1. The monoisotopic (exact) mass is 465 g/mol. The number of aryl methyl sites for hydroxylation is 2. The normalized spacial score (nSPS) is 11.0. The number of nitrogens with one attached hydrogen (secondary N) is 2. The second-order valence-electron chi connectivity index (χ2n) is 8.35. The number of oxazole rings is 1. The third-order valence-electron chi connectivity index (χ3n) is 5.69. The second kappa shape index (κ2) is 9.08. The van der Waals surface area contributed by atoms with Gasteiger partial charge in [-0.25, -0.2) is 4.98 Å². The van der Waals surface area contributed by atoms with E-state index in [4.69, 9.17) is 16.6 Å². The molecule has 2 N–H and O–H groups in total. The Morgan fingerprint density at radius 3 is 2.56 bits per heavy atom. The number of rotatable bonds is 4. The van der Waals surface area contributed by atoms with Gasteiger partial charge in [-0.3, -0.25) is 10.1 Å².